The fraction of sp³-hybridized carbons (Fsp3) is 0.278. The van der Waals surface area contributed by atoms with Crippen LogP contribution in [0.4, 0.5) is 5.69 Å². The Morgan fingerprint density at radius 1 is 1.23 bits per heavy atom. The third-order valence-electron chi connectivity index (χ3n) is 3.68. The van der Waals surface area contributed by atoms with Crippen LogP contribution in [0, 0.1) is 5.92 Å². The van der Waals surface area contributed by atoms with Crippen molar-refractivity contribution in [1.29, 1.82) is 0 Å². The molecule has 3 rings (SSSR count). The Labute approximate surface area is 155 Å². The van der Waals surface area contributed by atoms with Crippen molar-refractivity contribution in [2.45, 2.75) is 24.3 Å². The molecule has 0 bridgehead atoms. The molecule has 0 saturated heterocycles. The standard InChI is InChI=1S/C18H20N4O3S/c1-11(2)15(16(23)20-12-6-8-13(24-3)9-7-12)26-18-22-21-17(25-18)14-5-4-10-19-14/h4-11,15,19H,1-3H3,(H,20,23)/t15-/m0/s1. The summed E-state index contributed by atoms with van der Waals surface area (Å²) in [6.07, 6.45) is 1.78. The molecular formula is C18H20N4O3S. The minimum absolute atomic E-state index is 0.0825. The van der Waals surface area contributed by atoms with Gasteiger partial charge < -0.3 is 19.5 Å². The Kier molecular flexibility index (Phi) is 5.62. The number of rotatable bonds is 7. The molecule has 0 unspecified atom stereocenters. The average Bonchev–Trinajstić information content (AvgIpc) is 3.31. The van der Waals surface area contributed by atoms with E-state index in [0.29, 0.717) is 16.8 Å². The first kappa shape index (κ1) is 18.1. The number of thioether (sulfide) groups is 1. The van der Waals surface area contributed by atoms with Crippen molar-refractivity contribution < 1.29 is 13.9 Å². The van der Waals surface area contributed by atoms with Crippen LogP contribution in [0.2, 0.25) is 0 Å². The number of carbonyl (C=O) groups excluding carboxylic acids is 1. The lowest BCUT2D eigenvalue weighted by atomic mass is 10.1. The van der Waals surface area contributed by atoms with Crippen molar-refractivity contribution >= 4 is 23.4 Å². The van der Waals surface area contributed by atoms with E-state index in [1.807, 2.05) is 26.0 Å². The molecule has 26 heavy (non-hydrogen) atoms. The molecule has 0 saturated carbocycles. The fourth-order valence-corrected chi connectivity index (χ4v) is 3.19. The molecule has 1 amide bonds. The van der Waals surface area contributed by atoms with Crippen molar-refractivity contribution in [2.24, 2.45) is 5.92 Å². The van der Waals surface area contributed by atoms with Crippen molar-refractivity contribution in [2.75, 3.05) is 12.4 Å². The summed E-state index contributed by atoms with van der Waals surface area (Å²) in [4.78, 5) is 15.7. The molecular weight excluding hydrogens is 352 g/mol. The Balaban J connectivity index is 1.69. The number of carbonyl (C=O) groups is 1. The van der Waals surface area contributed by atoms with Crippen molar-refractivity contribution in [3.8, 4) is 17.3 Å². The third kappa shape index (κ3) is 4.26. The van der Waals surface area contributed by atoms with Gasteiger partial charge in [-0.2, -0.15) is 0 Å². The molecule has 0 aliphatic carbocycles. The normalized spacial score (nSPS) is 12.2. The maximum Gasteiger partial charge on any atom is 0.277 e. The molecule has 2 N–H and O–H groups in total. The summed E-state index contributed by atoms with van der Waals surface area (Å²) in [5.41, 5.74) is 1.45. The summed E-state index contributed by atoms with van der Waals surface area (Å²) in [6.45, 7) is 3.96. The minimum Gasteiger partial charge on any atom is -0.497 e. The van der Waals surface area contributed by atoms with E-state index in [1.54, 1.807) is 37.6 Å². The van der Waals surface area contributed by atoms with Crippen LogP contribution in [0.25, 0.3) is 11.6 Å². The highest BCUT2D eigenvalue weighted by atomic mass is 32.2. The van der Waals surface area contributed by atoms with Crippen LogP contribution in [0.15, 0.2) is 52.2 Å². The van der Waals surface area contributed by atoms with E-state index in [0.717, 1.165) is 11.4 Å². The van der Waals surface area contributed by atoms with E-state index in [-0.39, 0.29) is 17.1 Å². The number of nitrogens with one attached hydrogen (secondary N) is 2. The Morgan fingerprint density at radius 2 is 2.00 bits per heavy atom. The molecule has 136 valence electrons. The smallest absolute Gasteiger partial charge is 0.277 e. The molecule has 2 aromatic heterocycles. The first-order valence-corrected chi connectivity index (χ1v) is 9.03. The van der Waals surface area contributed by atoms with Gasteiger partial charge in [-0.3, -0.25) is 4.79 Å². The van der Waals surface area contributed by atoms with E-state index >= 15 is 0 Å². The summed E-state index contributed by atoms with van der Waals surface area (Å²) in [7, 11) is 1.60. The second-order valence-electron chi connectivity index (χ2n) is 5.96. The summed E-state index contributed by atoms with van der Waals surface area (Å²) in [5, 5.41) is 11.0. The van der Waals surface area contributed by atoms with E-state index in [9.17, 15) is 4.79 Å². The Bertz CT molecular complexity index is 844. The zero-order valence-electron chi connectivity index (χ0n) is 14.7. The number of aromatic amines is 1. The molecule has 0 aliphatic rings. The maximum absolute atomic E-state index is 12.7. The highest BCUT2D eigenvalue weighted by Crippen LogP contribution is 2.30. The number of methoxy groups -OCH3 is 1. The van der Waals surface area contributed by atoms with Gasteiger partial charge >= 0.3 is 0 Å². The van der Waals surface area contributed by atoms with E-state index in [4.69, 9.17) is 9.15 Å². The van der Waals surface area contributed by atoms with Crippen LogP contribution in [-0.4, -0.2) is 33.4 Å². The molecule has 2 heterocycles. The Hall–Kier alpha value is -2.74. The predicted molar refractivity (Wildman–Crippen MR) is 100 cm³/mol. The highest BCUT2D eigenvalue weighted by molar-refractivity contribution is 8.00. The molecule has 1 atom stereocenters. The van der Waals surface area contributed by atoms with Gasteiger partial charge in [0.25, 0.3) is 11.1 Å². The molecule has 3 aromatic rings. The first-order valence-electron chi connectivity index (χ1n) is 8.15. The van der Waals surface area contributed by atoms with Crippen molar-refractivity contribution in [1.82, 2.24) is 15.2 Å². The van der Waals surface area contributed by atoms with Gasteiger partial charge in [0.05, 0.1) is 12.4 Å². The number of hydrogen-bond acceptors (Lipinski definition) is 6. The van der Waals surface area contributed by atoms with Crippen LogP contribution in [0.5, 0.6) is 5.75 Å². The lowest BCUT2D eigenvalue weighted by molar-refractivity contribution is -0.116. The summed E-state index contributed by atoms with van der Waals surface area (Å²) in [6, 6.07) is 10.9. The number of ether oxygens (including phenoxy) is 1. The predicted octanol–water partition coefficient (Wildman–Crippen LogP) is 3.83. The third-order valence-corrected chi connectivity index (χ3v) is 5.06. The first-order chi connectivity index (χ1) is 12.6. The van der Waals surface area contributed by atoms with Gasteiger partial charge in [0.1, 0.15) is 11.4 Å². The molecule has 8 heteroatoms. The average molecular weight is 372 g/mol. The van der Waals surface area contributed by atoms with Gasteiger partial charge in [0, 0.05) is 11.9 Å². The van der Waals surface area contributed by atoms with E-state index in [2.05, 4.69) is 20.5 Å². The maximum atomic E-state index is 12.7. The molecule has 0 radical (unpaired) electrons. The lowest BCUT2D eigenvalue weighted by Gasteiger charge is -2.18. The molecule has 7 nitrogen and oxygen atoms in total. The minimum atomic E-state index is -0.367. The SMILES string of the molecule is COc1ccc(NC(=O)[C@@H](Sc2nnc(-c3ccc[nH]3)o2)C(C)C)cc1. The van der Waals surface area contributed by atoms with Crippen LogP contribution >= 0.6 is 11.8 Å². The zero-order chi connectivity index (χ0) is 18.5. The van der Waals surface area contributed by atoms with Crippen molar-refractivity contribution in [3.05, 3.63) is 42.6 Å². The highest BCUT2D eigenvalue weighted by Gasteiger charge is 2.26. The van der Waals surface area contributed by atoms with Crippen LogP contribution in [0.3, 0.4) is 0 Å². The number of hydrogen-bond donors (Lipinski definition) is 2. The summed E-state index contributed by atoms with van der Waals surface area (Å²) < 4.78 is 10.8. The van der Waals surface area contributed by atoms with E-state index < -0.39 is 0 Å². The van der Waals surface area contributed by atoms with Crippen molar-refractivity contribution in [3.63, 3.8) is 0 Å². The van der Waals surface area contributed by atoms with Gasteiger partial charge in [-0.25, -0.2) is 0 Å². The largest absolute Gasteiger partial charge is 0.497 e. The molecule has 1 aromatic carbocycles. The van der Waals surface area contributed by atoms with Gasteiger partial charge in [-0.15, -0.1) is 10.2 Å². The van der Waals surface area contributed by atoms with Gasteiger partial charge in [0.15, 0.2) is 0 Å². The Morgan fingerprint density at radius 3 is 2.62 bits per heavy atom. The zero-order valence-corrected chi connectivity index (χ0v) is 15.5. The fourth-order valence-electron chi connectivity index (χ4n) is 2.32. The number of H-pyrrole nitrogens is 1. The second-order valence-corrected chi connectivity index (χ2v) is 7.05. The number of anilines is 1. The molecule has 0 fully saturated rings. The number of aromatic nitrogens is 3. The van der Waals surface area contributed by atoms with E-state index in [1.165, 1.54) is 11.8 Å². The number of amides is 1. The molecule has 0 spiro atoms. The van der Waals surface area contributed by atoms with Crippen LogP contribution in [-0.2, 0) is 4.79 Å². The lowest BCUT2D eigenvalue weighted by Crippen LogP contribution is -2.29. The summed E-state index contributed by atoms with van der Waals surface area (Å²) in [5.74, 6) is 1.10. The molecule has 0 aliphatic heterocycles. The van der Waals surface area contributed by atoms with Crippen LogP contribution in [0.1, 0.15) is 13.8 Å². The number of benzene rings is 1. The quantitative estimate of drug-likeness (QED) is 0.612. The number of nitrogens with zero attached hydrogens (tertiary/aromatic N) is 2. The summed E-state index contributed by atoms with van der Waals surface area (Å²) >= 11 is 1.26. The van der Waals surface area contributed by atoms with Crippen LogP contribution < -0.4 is 10.1 Å². The van der Waals surface area contributed by atoms with Gasteiger partial charge in [0.2, 0.25) is 5.91 Å². The van der Waals surface area contributed by atoms with Gasteiger partial charge in [-0.05, 0) is 42.3 Å². The second kappa shape index (κ2) is 8.09. The monoisotopic (exact) mass is 372 g/mol. The van der Waals surface area contributed by atoms with Gasteiger partial charge in [-0.1, -0.05) is 25.6 Å². The topological polar surface area (TPSA) is 93.0 Å².